The number of anilines is 1. The van der Waals surface area contributed by atoms with Gasteiger partial charge in [0.25, 0.3) is 5.91 Å². The molecular weight excluding hydrogens is 366 g/mol. The van der Waals surface area contributed by atoms with Gasteiger partial charge in [0.15, 0.2) is 0 Å². The molecule has 4 nitrogen and oxygen atoms in total. The van der Waals surface area contributed by atoms with Crippen LogP contribution in [-0.4, -0.2) is 17.6 Å². The minimum Gasteiger partial charge on any atom is -0.365 e. The lowest BCUT2D eigenvalue weighted by atomic mass is 9.95. The normalized spacial score (nSPS) is 13.4. The maximum absolute atomic E-state index is 13.6. The standard InChI is InChI=1S/C17H16F2N2O2S2/c18-9-5-6-11(19)13(7-9)24-8-14(22)21-17-15(16(20)23)10-3-1-2-4-12(10)25-17/h5-7H,1-4,8H2,(H2,20,23)(H,21,22). The number of nitrogens with two attached hydrogens (primary N) is 1. The lowest BCUT2D eigenvalue weighted by Crippen LogP contribution is -2.19. The highest BCUT2D eigenvalue weighted by Crippen LogP contribution is 2.38. The van der Waals surface area contributed by atoms with Gasteiger partial charge in [0.2, 0.25) is 5.91 Å². The first-order valence-corrected chi connectivity index (χ1v) is 9.58. The van der Waals surface area contributed by atoms with Gasteiger partial charge < -0.3 is 11.1 Å². The first-order valence-electron chi connectivity index (χ1n) is 7.77. The molecule has 1 aliphatic rings. The van der Waals surface area contributed by atoms with Crippen LogP contribution in [0.2, 0.25) is 0 Å². The van der Waals surface area contributed by atoms with Gasteiger partial charge in [-0.2, -0.15) is 0 Å². The highest BCUT2D eigenvalue weighted by Gasteiger charge is 2.25. The van der Waals surface area contributed by atoms with Crippen molar-refractivity contribution in [1.29, 1.82) is 0 Å². The van der Waals surface area contributed by atoms with Crippen LogP contribution in [0.5, 0.6) is 0 Å². The predicted octanol–water partition coefficient (Wildman–Crippen LogP) is 3.73. The van der Waals surface area contributed by atoms with Crippen LogP contribution in [0.3, 0.4) is 0 Å². The molecule has 0 saturated heterocycles. The lowest BCUT2D eigenvalue weighted by Gasteiger charge is -2.11. The van der Waals surface area contributed by atoms with Crippen molar-refractivity contribution in [2.75, 3.05) is 11.1 Å². The Morgan fingerprint density at radius 2 is 2.00 bits per heavy atom. The molecule has 0 radical (unpaired) electrons. The Morgan fingerprint density at radius 1 is 1.24 bits per heavy atom. The summed E-state index contributed by atoms with van der Waals surface area (Å²) < 4.78 is 26.8. The minimum atomic E-state index is -0.580. The zero-order chi connectivity index (χ0) is 18.0. The number of nitrogens with one attached hydrogen (secondary N) is 1. The van der Waals surface area contributed by atoms with E-state index in [1.165, 1.54) is 11.3 Å². The van der Waals surface area contributed by atoms with Gasteiger partial charge in [-0.15, -0.1) is 23.1 Å². The molecule has 1 aromatic heterocycles. The summed E-state index contributed by atoms with van der Waals surface area (Å²) in [4.78, 5) is 25.1. The van der Waals surface area contributed by atoms with Crippen molar-refractivity contribution in [3.8, 4) is 0 Å². The number of carbonyl (C=O) groups excluding carboxylic acids is 2. The van der Waals surface area contributed by atoms with E-state index in [-0.39, 0.29) is 10.6 Å². The van der Waals surface area contributed by atoms with E-state index >= 15 is 0 Å². The number of hydrogen-bond acceptors (Lipinski definition) is 4. The summed E-state index contributed by atoms with van der Waals surface area (Å²) in [5.74, 6) is -2.19. The zero-order valence-electron chi connectivity index (χ0n) is 13.2. The summed E-state index contributed by atoms with van der Waals surface area (Å²) in [6, 6.07) is 3.09. The number of primary amides is 1. The molecule has 1 heterocycles. The summed E-state index contributed by atoms with van der Waals surface area (Å²) in [6.45, 7) is 0. The fraction of sp³-hybridized carbons (Fsp3) is 0.294. The second kappa shape index (κ2) is 7.53. The van der Waals surface area contributed by atoms with Crippen LogP contribution < -0.4 is 11.1 Å². The Labute approximate surface area is 151 Å². The fourth-order valence-electron chi connectivity index (χ4n) is 2.81. The second-order valence-corrected chi connectivity index (χ2v) is 7.81. The number of hydrogen-bond donors (Lipinski definition) is 2. The van der Waals surface area contributed by atoms with E-state index in [2.05, 4.69) is 5.32 Å². The molecule has 8 heteroatoms. The van der Waals surface area contributed by atoms with Crippen molar-refractivity contribution in [2.24, 2.45) is 5.73 Å². The number of benzene rings is 1. The number of fused-ring (bicyclic) bond motifs is 1. The van der Waals surface area contributed by atoms with Crippen LogP contribution in [0.25, 0.3) is 0 Å². The van der Waals surface area contributed by atoms with Gasteiger partial charge >= 0.3 is 0 Å². The molecule has 2 aromatic rings. The molecule has 3 rings (SSSR count). The highest BCUT2D eigenvalue weighted by atomic mass is 32.2. The molecule has 0 bridgehead atoms. The van der Waals surface area contributed by atoms with Crippen LogP contribution in [0, 0.1) is 11.6 Å². The molecule has 0 atom stereocenters. The van der Waals surface area contributed by atoms with Gasteiger partial charge in [-0.05, 0) is 49.4 Å². The lowest BCUT2D eigenvalue weighted by molar-refractivity contribution is -0.113. The van der Waals surface area contributed by atoms with Crippen molar-refractivity contribution in [3.63, 3.8) is 0 Å². The van der Waals surface area contributed by atoms with Gasteiger partial charge in [-0.1, -0.05) is 0 Å². The Bertz CT molecular complexity index is 836. The average Bonchev–Trinajstić information content (AvgIpc) is 2.93. The summed E-state index contributed by atoms with van der Waals surface area (Å²) in [7, 11) is 0. The first-order chi connectivity index (χ1) is 12.0. The molecule has 0 unspecified atom stereocenters. The maximum atomic E-state index is 13.6. The van der Waals surface area contributed by atoms with Gasteiger partial charge in [-0.3, -0.25) is 9.59 Å². The summed E-state index contributed by atoms with van der Waals surface area (Å²) in [5, 5.41) is 3.14. The van der Waals surface area contributed by atoms with Gasteiger partial charge in [0, 0.05) is 9.77 Å². The zero-order valence-corrected chi connectivity index (χ0v) is 14.9. The van der Waals surface area contributed by atoms with Crippen molar-refractivity contribution in [3.05, 3.63) is 45.8 Å². The molecular formula is C17H16F2N2O2S2. The van der Waals surface area contributed by atoms with Crippen LogP contribution >= 0.6 is 23.1 Å². The number of thioether (sulfide) groups is 1. The summed E-state index contributed by atoms with van der Waals surface area (Å²) in [6.07, 6.45) is 3.70. The van der Waals surface area contributed by atoms with Crippen molar-refractivity contribution in [1.82, 2.24) is 0 Å². The third-order valence-electron chi connectivity index (χ3n) is 3.92. The van der Waals surface area contributed by atoms with Gasteiger partial charge in [-0.25, -0.2) is 8.78 Å². The molecule has 0 fully saturated rings. The van der Waals surface area contributed by atoms with Crippen molar-refractivity contribution >= 4 is 39.9 Å². The molecule has 2 amide bonds. The van der Waals surface area contributed by atoms with E-state index in [0.717, 1.165) is 66.1 Å². The Morgan fingerprint density at radius 3 is 2.76 bits per heavy atom. The Kier molecular flexibility index (Phi) is 5.39. The summed E-state index contributed by atoms with van der Waals surface area (Å²) >= 11 is 2.27. The minimum absolute atomic E-state index is 0.0655. The topological polar surface area (TPSA) is 72.2 Å². The molecule has 25 heavy (non-hydrogen) atoms. The summed E-state index contributed by atoms with van der Waals surface area (Å²) in [5.41, 5.74) is 6.80. The number of thiophene rings is 1. The van der Waals surface area contributed by atoms with Crippen molar-refractivity contribution in [2.45, 2.75) is 30.6 Å². The number of rotatable bonds is 5. The smallest absolute Gasteiger partial charge is 0.251 e. The van der Waals surface area contributed by atoms with Crippen LogP contribution in [0.15, 0.2) is 23.1 Å². The van der Waals surface area contributed by atoms with Gasteiger partial charge in [0.05, 0.1) is 11.3 Å². The van der Waals surface area contributed by atoms with E-state index in [4.69, 9.17) is 5.73 Å². The van der Waals surface area contributed by atoms with E-state index in [1.807, 2.05) is 0 Å². The van der Waals surface area contributed by atoms with E-state index in [0.29, 0.717) is 10.6 Å². The van der Waals surface area contributed by atoms with Crippen LogP contribution in [-0.2, 0) is 17.6 Å². The van der Waals surface area contributed by atoms with E-state index in [9.17, 15) is 18.4 Å². The Hall–Kier alpha value is -1.93. The third kappa shape index (κ3) is 4.01. The monoisotopic (exact) mass is 382 g/mol. The Balaban J connectivity index is 1.72. The van der Waals surface area contributed by atoms with E-state index in [1.54, 1.807) is 0 Å². The van der Waals surface area contributed by atoms with Crippen molar-refractivity contribution < 1.29 is 18.4 Å². The number of amides is 2. The first kappa shape index (κ1) is 17.9. The number of carbonyl (C=O) groups is 2. The number of halogens is 2. The molecule has 0 saturated carbocycles. The molecule has 3 N–H and O–H groups in total. The maximum Gasteiger partial charge on any atom is 0.251 e. The van der Waals surface area contributed by atoms with Gasteiger partial charge in [0.1, 0.15) is 16.6 Å². The SMILES string of the molecule is NC(=O)c1c(NC(=O)CSc2cc(F)ccc2F)sc2c1CCCC2. The fourth-order valence-corrected chi connectivity index (χ4v) is 4.88. The third-order valence-corrected chi connectivity index (χ3v) is 6.16. The molecule has 0 spiro atoms. The molecule has 1 aliphatic carbocycles. The molecule has 1 aromatic carbocycles. The number of aryl methyl sites for hydroxylation is 1. The molecule has 132 valence electrons. The average molecular weight is 382 g/mol. The second-order valence-electron chi connectivity index (χ2n) is 5.69. The molecule has 0 aliphatic heterocycles. The highest BCUT2D eigenvalue weighted by molar-refractivity contribution is 8.00. The van der Waals surface area contributed by atoms with Crippen LogP contribution in [0.4, 0.5) is 13.8 Å². The van der Waals surface area contributed by atoms with Crippen LogP contribution in [0.1, 0.15) is 33.6 Å². The largest absolute Gasteiger partial charge is 0.365 e. The van der Waals surface area contributed by atoms with E-state index < -0.39 is 23.4 Å². The predicted molar refractivity (Wildman–Crippen MR) is 95.2 cm³/mol. The quantitative estimate of drug-likeness (QED) is 0.774.